The summed E-state index contributed by atoms with van der Waals surface area (Å²) < 4.78 is 0. The predicted molar refractivity (Wildman–Crippen MR) is 76.1 cm³/mol. The monoisotopic (exact) mass is 278 g/mol. The molecule has 1 aromatic rings. The van der Waals surface area contributed by atoms with Crippen molar-refractivity contribution in [3.63, 3.8) is 0 Å². The summed E-state index contributed by atoms with van der Waals surface area (Å²) in [5.74, 6) is -0.360. The van der Waals surface area contributed by atoms with Gasteiger partial charge in [0, 0.05) is 24.3 Å². The molecule has 0 heterocycles. The van der Waals surface area contributed by atoms with Gasteiger partial charge in [0.2, 0.25) is 5.91 Å². The number of carbonyl (C=O) groups excluding carboxylic acids is 1. The molecule has 0 radical (unpaired) electrons. The van der Waals surface area contributed by atoms with Crippen LogP contribution in [0, 0.1) is 10.1 Å². The van der Waals surface area contributed by atoms with Crippen molar-refractivity contribution in [3.8, 4) is 0 Å². The van der Waals surface area contributed by atoms with Crippen LogP contribution in [-0.4, -0.2) is 28.1 Å². The molecule has 0 bridgehead atoms. The fourth-order valence-corrected chi connectivity index (χ4v) is 1.68. The third-order valence-electron chi connectivity index (χ3n) is 2.75. The van der Waals surface area contributed by atoms with E-state index in [0.717, 1.165) is 0 Å². The van der Waals surface area contributed by atoms with Crippen LogP contribution in [-0.2, 0) is 4.79 Å². The van der Waals surface area contributed by atoms with Gasteiger partial charge in [-0.05, 0) is 32.4 Å². The van der Waals surface area contributed by atoms with Crippen molar-refractivity contribution in [2.45, 2.75) is 25.8 Å². The molecule has 0 aliphatic rings. The molecular weight excluding hydrogens is 260 g/mol. The zero-order chi connectivity index (χ0) is 15.2. The highest BCUT2D eigenvalue weighted by atomic mass is 16.6. The Morgan fingerprint density at radius 1 is 1.45 bits per heavy atom. The van der Waals surface area contributed by atoms with E-state index in [0.29, 0.717) is 12.0 Å². The summed E-state index contributed by atoms with van der Waals surface area (Å²) in [6, 6.07) is 6.19. The fourth-order valence-electron chi connectivity index (χ4n) is 1.68. The van der Waals surface area contributed by atoms with Crippen LogP contribution in [0.4, 0.5) is 5.69 Å². The van der Waals surface area contributed by atoms with Crippen LogP contribution in [0.1, 0.15) is 25.8 Å². The number of hydrogen-bond donors (Lipinski definition) is 2. The van der Waals surface area contributed by atoms with Gasteiger partial charge in [-0.3, -0.25) is 14.9 Å². The SMILES string of the molecule is CC(C)(CCO)NC(=O)/C=C/c1ccccc1[N+](=O)[O-]. The Morgan fingerprint density at radius 2 is 2.10 bits per heavy atom. The van der Waals surface area contributed by atoms with E-state index < -0.39 is 10.5 Å². The molecule has 0 aliphatic heterocycles. The Kier molecular flexibility index (Phi) is 5.40. The normalized spacial score (nSPS) is 11.6. The minimum absolute atomic E-state index is 0.0266. The molecule has 1 amide bonds. The number of aliphatic hydroxyl groups is 1. The average Bonchev–Trinajstić information content (AvgIpc) is 2.35. The smallest absolute Gasteiger partial charge is 0.276 e. The van der Waals surface area contributed by atoms with E-state index >= 15 is 0 Å². The molecule has 0 aliphatic carbocycles. The lowest BCUT2D eigenvalue weighted by atomic mass is 10.0. The van der Waals surface area contributed by atoms with E-state index in [1.807, 2.05) is 0 Å². The number of nitro benzene ring substituents is 1. The van der Waals surface area contributed by atoms with Crippen molar-refractivity contribution >= 4 is 17.7 Å². The molecule has 0 aromatic heterocycles. The van der Waals surface area contributed by atoms with Crippen LogP contribution in [0.3, 0.4) is 0 Å². The maximum absolute atomic E-state index is 11.7. The van der Waals surface area contributed by atoms with E-state index in [9.17, 15) is 14.9 Å². The predicted octanol–water partition coefficient (Wildman–Crippen LogP) is 1.89. The maximum atomic E-state index is 11.7. The van der Waals surface area contributed by atoms with Crippen LogP contribution < -0.4 is 5.32 Å². The number of nitrogens with one attached hydrogen (secondary N) is 1. The van der Waals surface area contributed by atoms with Gasteiger partial charge < -0.3 is 10.4 Å². The first-order valence-electron chi connectivity index (χ1n) is 6.20. The summed E-state index contributed by atoms with van der Waals surface area (Å²) in [6.07, 6.45) is 3.09. The molecule has 0 atom stereocenters. The van der Waals surface area contributed by atoms with Gasteiger partial charge >= 0.3 is 0 Å². The highest BCUT2D eigenvalue weighted by molar-refractivity contribution is 5.92. The molecule has 6 heteroatoms. The van der Waals surface area contributed by atoms with E-state index in [4.69, 9.17) is 5.11 Å². The highest BCUT2D eigenvalue weighted by Gasteiger charge is 2.18. The highest BCUT2D eigenvalue weighted by Crippen LogP contribution is 2.18. The van der Waals surface area contributed by atoms with Crippen molar-refractivity contribution in [1.82, 2.24) is 5.32 Å². The van der Waals surface area contributed by atoms with Gasteiger partial charge in [0.15, 0.2) is 0 Å². The molecule has 1 aromatic carbocycles. The number of aliphatic hydroxyl groups excluding tert-OH is 1. The second-order valence-corrected chi connectivity index (χ2v) is 5.00. The lowest BCUT2D eigenvalue weighted by Crippen LogP contribution is -2.43. The summed E-state index contributed by atoms with van der Waals surface area (Å²) >= 11 is 0. The minimum Gasteiger partial charge on any atom is -0.396 e. The maximum Gasteiger partial charge on any atom is 0.276 e. The van der Waals surface area contributed by atoms with E-state index in [2.05, 4.69) is 5.32 Å². The number of benzene rings is 1. The van der Waals surface area contributed by atoms with Gasteiger partial charge in [0.25, 0.3) is 5.69 Å². The standard InChI is InChI=1S/C14H18N2O4/c1-14(2,9-10-17)15-13(18)8-7-11-5-3-4-6-12(11)16(19)20/h3-8,17H,9-10H2,1-2H3,(H,15,18)/b8-7+. The number of carbonyl (C=O) groups is 1. The van der Waals surface area contributed by atoms with Crippen LogP contribution in [0.2, 0.25) is 0 Å². The molecule has 0 unspecified atom stereocenters. The largest absolute Gasteiger partial charge is 0.396 e. The lowest BCUT2D eigenvalue weighted by Gasteiger charge is -2.24. The van der Waals surface area contributed by atoms with Crippen molar-refractivity contribution in [2.75, 3.05) is 6.61 Å². The molecule has 20 heavy (non-hydrogen) atoms. The number of nitrogens with zero attached hydrogens (tertiary/aromatic N) is 1. The third-order valence-corrected chi connectivity index (χ3v) is 2.75. The molecule has 0 fully saturated rings. The van der Waals surface area contributed by atoms with E-state index in [1.54, 1.807) is 32.0 Å². The molecule has 1 rings (SSSR count). The van der Waals surface area contributed by atoms with Crippen LogP contribution >= 0.6 is 0 Å². The van der Waals surface area contributed by atoms with Crippen LogP contribution in [0.25, 0.3) is 6.08 Å². The van der Waals surface area contributed by atoms with Crippen LogP contribution in [0.15, 0.2) is 30.3 Å². The molecule has 0 saturated heterocycles. The molecule has 108 valence electrons. The Labute approximate surface area is 117 Å². The van der Waals surface area contributed by atoms with Crippen molar-refractivity contribution < 1.29 is 14.8 Å². The summed E-state index contributed by atoms with van der Waals surface area (Å²) in [7, 11) is 0. The Balaban J connectivity index is 2.78. The summed E-state index contributed by atoms with van der Waals surface area (Å²) in [4.78, 5) is 22.1. The number of nitro groups is 1. The first-order chi connectivity index (χ1) is 9.35. The minimum atomic E-state index is -0.529. The number of amides is 1. The average molecular weight is 278 g/mol. The first kappa shape index (κ1) is 15.8. The molecular formula is C14H18N2O4. The van der Waals surface area contributed by atoms with E-state index in [-0.39, 0.29) is 18.2 Å². The fraction of sp³-hybridized carbons (Fsp3) is 0.357. The summed E-state index contributed by atoms with van der Waals surface area (Å²) in [5, 5.41) is 22.4. The Hall–Kier alpha value is -2.21. The lowest BCUT2D eigenvalue weighted by molar-refractivity contribution is -0.385. The molecule has 0 spiro atoms. The first-order valence-corrected chi connectivity index (χ1v) is 6.20. The molecule has 2 N–H and O–H groups in total. The third kappa shape index (κ3) is 4.81. The topological polar surface area (TPSA) is 92.5 Å². The van der Waals surface area contributed by atoms with Crippen molar-refractivity contribution in [3.05, 3.63) is 46.0 Å². The van der Waals surface area contributed by atoms with Gasteiger partial charge in [-0.25, -0.2) is 0 Å². The van der Waals surface area contributed by atoms with E-state index in [1.165, 1.54) is 18.2 Å². The second-order valence-electron chi connectivity index (χ2n) is 5.00. The Bertz CT molecular complexity index is 524. The number of hydrogen-bond acceptors (Lipinski definition) is 4. The van der Waals surface area contributed by atoms with Crippen molar-refractivity contribution in [1.29, 1.82) is 0 Å². The quantitative estimate of drug-likeness (QED) is 0.472. The van der Waals surface area contributed by atoms with Crippen molar-refractivity contribution in [2.24, 2.45) is 0 Å². The summed E-state index contributed by atoms with van der Waals surface area (Å²) in [6.45, 7) is 3.56. The summed E-state index contributed by atoms with van der Waals surface area (Å²) in [5.41, 5.74) is -0.211. The molecule has 6 nitrogen and oxygen atoms in total. The Morgan fingerprint density at radius 3 is 2.70 bits per heavy atom. The van der Waals surface area contributed by atoms with Gasteiger partial charge in [0.1, 0.15) is 0 Å². The van der Waals surface area contributed by atoms with Gasteiger partial charge in [-0.1, -0.05) is 12.1 Å². The molecule has 0 saturated carbocycles. The van der Waals surface area contributed by atoms with Crippen LogP contribution in [0.5, 0.6) is 0 Å². The zero-order valence-electron chi connectivity index (χ0n) is 11.5. The number of rotatable bonds is 6. The van der Waals surface area contributed by atoms with Gasteiger partial charge in [0.05, 0.1) is 10.5 Å². The van der Waals surface area contributed by atoms with Gasteiger partial charge in [-0.2, -0.15) is 0 Å². The zero-order valence-corrected chi connectivity index (χ0v) is 11.5. The van der Waals surface area contributed by atoms with Gasteiger partial charge in [-0.15, -0.1) is 0 Å². The second kappa shape index (κ2) is 6.81. The number of para-hydroxylation sites is 1.